The average Bonchev–Trinajstić information content (AvgIpc) is 2.87. The van der Waals surface area contributed by atoms with Crippen LogP contribution in [-0.4, -0.2) is 22.8 Å². The minimum atomic E-state index is 0.727. The summed E-state index contributed by atoms with van der Waals surface area (Å²) in [5.41, 5.74) is 1.26. The van der Waals surface area contributed by atoms with Gasteiger partial charge >= 0.3 is 0 Å². The highest BCUT2D eigenvalue weighted by atomic mass is 32.2. The van der Waals surface area contributed by atoms with Gasteiger partial charge in [0.05, 0.1) is 5.03 Å². The predicted octanol–water partition coefficient (Wildman–Crippen LogP) is 4.57. The van der Waals surface area contributed by atoms with E-state index < -0.39 is 0 Å². The second kappa shape index (κ2) is 6.68. The van der Waals surface area contributed by atoms with Crippen molar-refractivity contribution in [3.8, 4) is 0 Å². The van der Waals surface area contributed by atoms with E-state index in [0.717, 1.165) is 17.8 Å². The quantitative estimate of drug-likeness (QED) is 0.843. The molecule has 1 aliphatic carbocycles. The van der Waals surface area contributed by atoms with Crippen molar-refractivity contribution in [1.29, 1.82) is 0 Å². The predicted molar refractivity (Wildman–Crippen MR) is 88.5 cm³/mol. The summed E-state index contributed by atoms with van der Waals surface area (Å²) in [5.74, 6) is 0. The highest BCUT2D eigenvalue weighted by molar-refractivity contribution is 7.99. The molecule has 20 heavy (non-hydrogen) atoms. The Hall–Kier alpha value is -0.930. The Morgan fingerprint density at radius 1 is 1.30 bits per heavy atom. The van der Waals surface area contributed by atoms with Crippen molar-refractivity contribution in [2.75, 3.05) is 6.54 Å². The smallest absolute Gasteiger partial charge is 0.0735 e. The maximum Gasteiger partial charge on any atom is 0.0735 e. The van der Waals surface area contributed by atoms with E-state index >= 15 is 0 Å². The van der Waals surface area contributed by atoms with E-state index in [0.29, 0.717) is 0 Å². The van der Waals surface area contributed by atoms with E-state index in [2.05, 4.69) is 47.6 Å². The molecular weight excluding hydrogens is 264 g/mol. The van der Waals surface area contributed by atoms with Gasteiger partial charge < -0.3 is 10.3 Å². The largest absolute Gasteiger partial charge is 0.350 e. The number of thioether (sulfide) groups is 1. The molecule has 2 atom stereocenters. The molecule has 2 unspecified atom stereocenters. The second-order valence-corrected chi connectivity index (χ2v) is 7.12. The molecule has 0 spiro atoms. The Balaban J connectivity index is 1.61. The fraction of sp³-hybridized carbons (Fsp3) is 0.529. The van der Waals surface area contributed by atoms with E-state index in [1.165, 1.54) is 48.0 Å². The zero-order valence-electron chi connectivity index (χ0n) is 12.2. The molecule has 1 saturated carbocycles. The van der Waals surface area contributed by atoms with Crippen LogP contribution in [0.5, 0.6) is 0 Å². The van der Waals surface area contributed by atoms with Crippen molar-refractivity contribution in [2.45, 2.75) is 55.3 Å². The molecule has 1 fully saturated rings. The third-order valence-corrected chi connectivity index (χ3v) is 5.34. The molecule has 2 aromatic rings. The molecule has 2 nitrogen and oxygen atoms in total. The van der Waals surface area contributed by atoms with Gasteiger partial charge in [0, 0.05) is 22.2 Å². The van der Waals surface area contributed by atoms with Crippen LogP contribution in [0.15, 0.2) is 35.4 Å². The number of H-pyrrole nitrogens is 1. The molecule has 0 radical (unpaired) electrons. The minimum absolute atomic E-state index is 0.727. The lowest BCUT2D eigenvalue weighted by Crippen LogP contribution is -2.35. The number of benzene rings is 1. The lowest BCUT2D eigenvalue weighted by Gasteiger charge is -2.29. The number of para-hydroxylation sites is 1. The summed E-state index contributed by atoms with van der Waals surface area (Å²) in [4.78, 5) is 3.54. The molecule has 1 aliphatic rings. The van der Waals surface area contributed by atoms with Gasteiger partial charge in [-0.1, -0.05) is 31.5 Å². The number of rotatable bonds is 5. The van der Waals surface area contributed by atoms with E-state index in [1.807, 2.05) is 11.8 Å². The standard InChI is InChI=1S/C17H24N2S/c1-2-10-18-14-7-5-8-15(12-14)20-17-11-13-6-3-4-9-16(13)19-17/h3-4,6,9,11,14-15,18-19H,2,5,7-8,10,12H2,1H3. The van der Waals surface area contributed by atoms with Crippen LogP contribution >= 0.6 is 11.8 Å². The van der Waals surface area contributed by atoms with E-state index in [4.69, 9.17) is 0 Å². The van der Waals surface area contributed by atoms with Gasteiger partial charge in [-0.05, 0) is 44.4 Å². The number of aromatic nitrogens is 1. The molecule has 3 heteroatoms. The average molecular weight is 288 g/mol. The topological polar surface area (TPSA) is 27.8 Å². The van der Waals surface area contributed by atoms with Crippen molar-refractivity contribution in [2.24, 2.45) is 0 Å². The first-order valence-corrected chi connectivity index (χ1v) is 8.71. The summed E-state index contributed by atoms with van der Waals surface area (Å²) in [6, 6.07) is 11.6. The Morgan fingerprint density at radius 3 is 3.05 bits per heavy atom. The Labute approximate surface area is 125 Å². The van der Waals surface area contributed by atoms with Gasteiger partial charge in [-0.3, -0.25) is 0 Å². The molecule has 0 bridgehead atoms. The molecule has 2 N–H and O–H groups in total. The first-order chi connectivity index (χ1) is 9.85. The van der Waals surface area contributed by atoms with Crippen molar-refractivity contribution in [3.05, 3.63) is 30.3 Å². The first-order valence-electron chi connectivity index (χ1n) is 7.83. The van der Waals surface area contributed by atoms with Crippen LogP contribution in [-0.2, 0) is 0 Å². The fourth-order valence-corrected chi connectivity index (χ4v) is 4.41. The van der Waals surface area contributed by atoms with Gasteiger partial charge in [0.1, 0.15) is 0 Å². The van der Waals surface area contributed by atoms with Crippen LogP contribution in [0, 0.1) is 0 Å². The molecule has 1 aromatic carbocycles. The summed E-state index contributed by atoms with van der Waals surface area (Å²) in [6.07, 6.45) is 6.60. The zero-order valence-corrected chi connectivity index (χ0v) is 13.0. The van der Waals surface area contributed by atoms with Gasteiger partial charge in [-0.15, -0.1) is 11.8 Å². The monoisotopic (exact) mass is 288 g/mol. The van der Waals surface area contributed by atoms with Crippen LogP contribution < -0.4 is 5.32 Å². The third kappa shape index (κ3) is 3.39. The number of aromatic amines is 1. The molecule has 3 rings (SSSR count). The second-order valence-electron chi connectivity index (χ2n) is 5.78. The van der Waals surface area contributed by atoms with Crippen LogP contribution in [0.4, 0.5) is 0 Å². The minimum Gasteiger partial charge on any atom is -0.350 e. The summed E-state index contributed by atoms with van der Waals surface area (Å²) in [6.45, 7) is 3.40. The van der Waals surface area contributed by atoms with Crippen molar-refractivity contribution >= 4 is 22.7 Å². The highest BCUT2D eigenvalue weighted by Crippen LogP contribution is 2.34. The van der Waals surface area contributed by atoms with Crippen molar-refractivity contribution < 1.29 is 0 Å². The number of fused-ring (bicyclic) bond motifs is 1. The van der Waals surface area contributed by atoms with Crippen LogP contribution in [0.3, 0.4) is 0 Å². The van der Waals surface area contributed by atoms with Gasteiger partial charge in [0.15, 0.2) is 0 Å². The molecule has 0 aliphatic heterocycles. The Kier molecular flexibility index (Phi) is 4.69. The summed E-state index contributed by atoms with van der Waals surface area (Å²) < 4.78 is 0. The van der Waals surface area contributed by atoms with Gasteiger partial charge in [0.25, 0.3) is 0 Å². The van der Waals surface area contributed by atoms with Gasteiger partial charge in [0.2, 0.25) is 0 Å². The van der Waals surface area contributed by atoms with E-state index in [9.17, 15) is 0 Å². The fourth-order valence-electron chi connectivity index (χ4n) is 3.08. The molecule has 1 heterocycles. The zero-order chi connectivity index (χ0) is 13.8. The van der Waals surface area contributed by atoms with E-state index in [-0.39, 0.29) is 0 Å². The van der Waals surface area contributed by atoms with E-state index in [1.54, 1.807) is 0 Å². The third-order valence-electron chi connectivity index (χ3n) is 4.11. The van der Waals surface area contributed by atoms with Crippen molar-refractivity contribution in [3.63, 3.8) is 0 Å². The summed E-state index contributed by atoms with van der Waals surface area (Å²) in [5, 5.41) is 7.10. The number of nitrogens with one attached hydrogen (secondary N) is 2. The van der Waals surface area contributed by atoms with Gasteiger partial charge in [-0.2, -0.15) is 0 Å². The summed E-state index contributed by atoms with van der Waals surface area (Å²) in [7, 11) is 0. The molecule has 108 valence electrons. The maximum atomic E-state index is 3.69. The van der Waals surface area contributed by atoms with Crippen molar-refractivity contribution in [1.82, 2.24) is 10.3 Å². The summed E-state index contributed by atoms with van der Waals surface area (Å²) >= 11 is 2.03. The van der Waals surface area contributed by atoms with Crippen LogP contribution in [0.25, 0.3) is 10.9 Å². The molecular formula is C17H24N2S. The number of hydrogen-bond acceptors (Lipinski definition) is 2. The Bertz CT molecular complexity index is 516. The van der Waals surface area contributed by atoms with Crippen LogP contribution in [0.2, 0.25) is 0 Å². The van der Waals surface area contributed by atoms with Crippen LogP contribution in [0.1, 0.15) is 39.0 Å². The molecule has 1 aromatic heterocycles. The van der Waals surface area contributed by atoms with Gasteiger partial charge in [-0.25, -0.2) is 0 Å². The SMILES string of the molecule is CCCNC1CCCC(Sc2cc3ccccc3[nH]2)C1. The lowest BCUT2D eigenvalue weighted by atomic mass is 9.95. The normalized spacial score (nSPS) is 23.2. The molecule has 0 amide bonds. The number of hydrogen-bond donors (Lipinski definition) is 2. The highest BCUT2D eigenvalue weighted by Gasteiger charge is 2.22. The maximum absolute atomic E-state index is 3.69. The lowest BCUT2D eigenvalue weighted by molar-refractivity contribution is 0.381. The first kappa shape index (κ1) is 14.0. The Morgan fingerprint density at radius 2 is 2.20 bits per heavy atom. The molecule has 0 saturated heterocycles.